The Bertz CT molecular complexity index is 567. The molecule has 0 aliphatic heterocycles. The smallest absolute Gasteiger partial charge is 0.422 e. The molecule has 1 aromatic heterocycles. The number of hydrogen-bond donors (Lipinski definition) is 2. The van der Waals surface area contributed by atoms with E-state index in [-0.39, 0.29) is 5.88 Å². The highest BCUT2D eigenvalue weighted by molar-refractivity contribution is 5.79. The highest BCUT2D eigenvalue weighted by atomic mass is 19.4. The minimum atomic E-state index is -4.38. The van der Waals surface area contributed by atoms with E-state index >= 15 is 0 Å². The highest BCUT2D eigenvalue weighted by Gasteiger charge is 2.28. The van der Waals surface area contributed by atoms with Crippen molar-refractivity contribution >= 4 is 5.96 Å². The Kier molecular flexibility index (Phi) is 11.3. The van der Waals surface area contributed by atoms with Crippen LogP contribution in [0, 0.1) is 0 Å². The molecule has 10 heteroatoms. The molecule has 0 fully saturated rings. The number of aliphatic imine (C=N–C) groups is 1. The number of rotatable bonds is 12. The average molecular weight is 405 g/mol. The van der Waals surface area contributed by atoms with E-state index in [0.717, 1.165) is 44.8 Å². The number of alkyl halides is 3. The lowest BCUT2D eigenvalue weighted by atomic mass is 10.3. The van der Waals surface area contributed by atoms with Gasteiger partial charge in [-0.25, -0.2) is 9.98 Å². The molecule has 0 spiro atoms. The van der Waals surface area contributed by atoms with Gasteiger partial charge in [-0.1, -0.05) is 6.07 Å². The predicted octanol–water partition coefficient (Wildman–Crippen LogP) is 2.05. The third-order valence-electron chi connectivity index (χ3n) is 3.62. The van der Waals surface area contributed by atoms with Gasteiger partial charge in [0.25, 0.3) is 0 Å². The molecule has 0 atom stereocenters. The van der Waals surface area contributed by atoms with Gasteiger partial charge < -0.3 is 25.0 Å². The van der Waals surface area contributed by atoms with Crippen molar-refractivity contribution in [2.24, 2.45) is 4.99 Å². The second-order valence-corrected chi connectivity index (χ2v) is 6.18. The van der Waals surface area contributed by atoms with Gasteiger partial charge in [-0.2, -0.15) is 13.2 Å². The standard InChI is InChI=1S/C18H30F3N5O2/c1-4-22-17(23-8-10-26(2)9-5-11-27-3)25-13-15-6-7-16(24-12-15)28-14-18(19,20)21/h6-7,12H,4-5,8-11,13-14H2,1-3H3,(H2,22,23,25). The SMILES string of the molecule is CCNC(=NCc1ccc(OCC(F)(F)F)nc1)NCCN(C)CCCOC. The van der Waals surface area contributed by atoms with Crippen LogP contribution >= 0.6 is 0 Å². The molecule has 0 radical (unpaired) electrons. The van der Waals surface area contributed by atoms with Gasteiger partial charge in [0.2, 0.25) is 5.88 Å². The van der Waals surface area contributed by atoms with Gasteiger partial charge in [0.15, 0.2) is 12.6 Å². The zero-order valence-corrected chi connectivity index (χ0v) is 16.7. The van der Waals surface area contributed by atoms with Gasteiger partial charge >= 0.3 is 6.18 Å². The number of likely N-dealkylation sites (N-methyl/N-ethyl adjacent to an activating group) is 1. The molecule has 28 heavy (non-hydrogen) atoms. The summed E-state index contributed by atoms with van der Waals surface area (Å²) in [6.07, 6.45) is -1.94. The van der Waals surface area contributed by atoms with Crippen molar-refractivity contribution in [2.75, 3.05) is 53.6 Å². The number of ether oxygens (including phenoxy) is 2. The fourth-order valence-corrected chi connectivity index (χ4v) is 2.21. The monoisotopic (exact) mass is 405 g/mol. The van der Waals surface area contributed by atoms with Crippen LogP contribution in [0.2, 0.25) is 0 Å². The van der Waals surface area contributed by atoms with E-state index in [1.807, 2.05) is 6.92 Å². The number of halogens is 3. The normalized spacial score (nSPS) is 12.3. The first-order valence-corrected chi connectivity index (χ1v) is 9.18. The maximum absolute atomic E-state index is 12.1. The van der Waals surface area contributed by atoms with Crippen molar-refractivity contribution in [3.05, 3.63) is 23.9 Å². The minimum Gasteiger partial charge on any atom is -0.468 e. The number of guanidine groups is 1. The Labute approximate surface area is 164 Å². The first-order chi connectivity index (χ1) is 13.3. The highest BCUT2D eigenvalue weighted by Crippen LogP contribution is 2.17. The fraction of sp³-hybridized carbons (Fsp3) is 0.667. The van der Waals surface area contributed by atoms with E-state index in [1.165, 1.54) is 12.3 Å². The lowest BCUT2D eigenvalue weighted by molar-refractivity contribution is -0.154. The van der Waals surface area contributed by atoms with Crippen LogP contribution in [0.3, 0.4) is 0 Å². The summed E-state index contributed by atoms with van der Waals surface area (Å²) in [5.74, 6) is 0.608. The Morgan fingerprint density at radius 3 is 2.64 bits per heavy atom. The topological polar surface area (TPSA) is 71.0 Å². The lowest BCUT2D eigenvalue weighted by Gasteiger charge is -2.18. The molecule has 7 nitrogen and oxygen atoms in total. The van der Waals surface area contributed by atoms with Crippen LogP contribution in [0.1, 0.15) is 18.9 Å². The lowest BCUT2D eigenvalue weighted by Crippen LogP contribution is -2.41. The van der Waals surface area contributed by atoms with E-state index < -0.39 is 12.8 Å². The first kappa shape index (κ1) is 24.0. The van der Waals surface area contributed by atoms with Crippen LogP contribution in [0.4, 0.5) is 13.2 Å². The van der Waals surface area contributed by atoms with Crippen molar-refractivity contribution in [1.29, 1.82) is 0 Å². The molecule has 160 valence electrons. The molecule has 2 N–H and O–H groups in total. The van der Waals surface area contributed by atoms with Crippen LogP contribution in [-0.2, 0) is 11.3 Å². The quantitative estimate of drug-likeness (QED) is 0.315. The van der Waals surface area contributed by atoms with Crippen molar-refractivity contribution in [2.45, 2.75) is 26.1 Å². The zero-order valence-electron chi connectivity index (χ0n) is 16.7. The molecule has 1 aromatic rings. The summed E-state index contributed by atoms with van der Waals surface area (Å²) < 4.78 is 46.1. The van der Waals surface area contributed by atoms with Gasteiger partial charge in [-0.05, 0) is 26.0 Å². The largest absolute Gasteiger partial charge is 0.468 e. The molecule has 0 aliphatic rings. The predicted molar refractivity (Wildman–Crippen MR) is 103 cm³/mol. The van der Waals surface area contributed by atoms with Crippen LogP contribution in [0.15, 0.2) is 23.3 Å². The second-order valence-electron chi connectivity index (χ2n) is 6.18. The molecule has 0 bridgehead atoms. The number of methoxy groups -OCH3 is 1. The fourth-order valence-electron chi connectivity index (χ4n) is 2.21. The second kappa shape index (κ2) is 13.2. The Morgan fingerprint density at radius 1 is 1.25 bits per heavy atom. The molecular formula is C18H30F3N5O2. The average Bonchev–Trinajstić information content (AvgIpc) is 2.65. The summed E-state index contributed by atoms with van der Waals surface area (Å²) in [7, 11) is 3.74. The summed E-state index contributed by atoms with van der Waals surface area (Å²) in [4.78, 5) is 10.6. The van der Waals surface area contributed by atoms with Gasteiger partial charge in [-0.15, -0.1) is 0 Å². The molecular weight excluding hydrogens is 375 g/mol. The van der Waals surface area contributed by atoms with E-state index in [0.29, 0.717) is 12.5 Å². The molecule has 0 saturated carbocycles. The molecule has 1 rings (SSSR count). The minimum absolute atomic E-state index is 0.0633. The van der Waals surface area contributed by atoms with Crippen LogP contribution in [0.5, 0.6) is 5.88 Å². The molecule has 0 aromatic carbocycles. The molecule has 0 amide bonds. The summed E-state index contributed by atoms with van der Waals surface area (Å²) in [6, 6.07) is 3.06. The van der Waals surface area contributed by atoms with Gasteiger partial charge in [0, 0.05) is 52.2 Å². The van der Waals surface area contributed by atoms with Crippen molar-refractivity contribution < 1.29 is 22.6 Å². The maximum Gasteiger partial charge on any atom is 0.422 e. The Balaban J connectivity index is 2.44. The van der Waals surface area contributed by atoms with Crippen LogP contribution in [-0.4, -0.2) is 75.6 Å². The summed E-state index contributed by atoms with van der Waals surface area (Å²) >= 11 is 0. The van der Waals surface area contributed by atoms with Crippen molar-refractivity contribution in [1.82, 2.24) is 20.5 Å². The Hall–Kier alpha value is -2.07. The van der Waals surface area contributed by atoms with E-state index in [2.05, 4.69) is 37.3 Å². The molecule has 0 unspecified atom stereocenters. The van der Waals surface area contributed by atoms with Crippen molar-refractivity contribution in [3.63, 3.8) is 0 Å². The number of nitrogens with one attached hydrogen (secondary N) is 2. The number of nitrogens with zero attached hydrogens (tertiary/aromatic N) is 3. The number of aromatic nitrogens is 1. The van der Waals surface area contributed by atoms with Crippen molar-refractivity contribution in [3.8, 4) is 5.88 Å². The number of hydrogen-bond acceptors (Lipinski definition) is 5. The summed E-state index contributed by atoms with van der Waals surface area (Å²) in [5, 5.41) is 6.41. The van der Waals surface area contributed by atoms with E-state index in [1.54, 1.807) is 13.2 Å². The summed E-state index contributed by atoms with van der Waals surface area (Å²) in [5.41, 5.74) is 0.772. The van der Waals surface area contributed by atoms with Gasteiger partial charge in [0.1, 0.15) is 0 Å². The van der Waals surface area contributed by atoms with Gasteiger partial charge in [-0.3, -0.25) is 0 Å². The molecule has 0 aliphatic carbocycles. The van der Waals surface area contributed by atoms with Crippen LogP contribution in [0.25, 0.3) is 0 Å². The molecule has 0 saturated heterocycles. The van der Waals surface area contributed by atoms with Gasteiger partial charge in [0.05, 0.1) is 6.54 Å². The third kappa shape index (κ3) is 11.6. The maximum atomic E-state index is 12.1. The zero-order chi connectivity index (χ0) is 20.8. The Morgan fingerprint density at radius 2 is 2.04 bits per heavy atom. The summed E-state index contributed by atoms with van der Waals surface area (Å²) in [6.45, 7) is 4.99. The first-order valence-electron chi connectivity index (χ1n) is 9.18. The number of pyridine rings is 1. The molecule has 1 heterocycles. The third-order valence-corrected chi connectivity index (χ3v) is 3.62. The van der Waals surface area contributed by atoms with E-state index in [9.17, 15) is 13.2 Å². The van der Waals surface area contributed by atoms with Crippen LogP contribution < -0.4 is 15.4 Å². The van der Waals surface area contributed by atoms with E-state index in [4.69, 9.17) is 4.74 Å².